The van der Waals surface area contributed by atoms with Gasteiger partial charge in [0.25, 0.3) is 0 Å². The lowest BCUT2D eigenvalue weighted by Gasteiger charge is -1.94. The average Bonchev–Trinajstić information content (AvgIpc) is 2.07. The van der Waals surface area contributed by atoms with Crippen LogP contribution in [0.1, 0.15) is 0 Å². The van der Waals surface area contributed by atoms with E-state index in [4.69, 9.17) is 24.4 Å². The Bertz CT molecular complexity index is 324. The van der Waals surface area contributed by atoms with Gasteiger partial charge < -0.3 is 3.55 Å². The minimum absolute atomic E-state index is 0.805. The van der Waals surface area contributed by atoms with Crippen molar-refractivity contribution < 1.29 is 0 Å². The zero-order valence-electron chi connectivity index (χ0n) is 6.16. The second-order valence-electron chi connectivity index (χ2n) is 2.17. The quantitative estimate of drug-likeness (QED) is 0.422. The van der Waals surface area contributed by atoms with E-state index < -0.39 is 0 Å². The van der Waals surface area contributed by atoms with Gasteiger partial charge in [0.1, 0.15) is 0 Å². The van der Waals surface area contributed by atoms with E-state index in [9.17, 15) is 0 Å². The molecule has 0 amide bonds. The van der Waals surface area contributed by atoms with E-state index in [-0.39, 0.29) is 0 Å². The number of nitrogens with zero attached hydrogens (tertiary/aromatic N) is 3. The van der Waals surface area contributed by atoms with E-state index in [0.29, 0.717) is 0 Å². The van der Waals surface area contributed by atoms with Crippen molar-refractivity contribution in [2.24, 2.45) is 14.1 Å². The Balaban J connectivity index is 3.77. The second kappa shape index (κ2) is 2.63. The predicted molar refractivity (Wildman–Crippen MR) is 48.0 cm³/mol. The van der Waals surface area contributed by atoms with Crippen molar-refractivity contribution in [2.45, 2.75) is 0 Å². The first kappa shape index (κ1) is 8.21. The molecule has 1 heterocycles. The summed E-state index contributed by atoms with van der Waals surface area (Å²) in [5, 5.41) is 0. The summed E-state index contributed by atoms with van der Waals surface area (Å²) in [4.78, 5) is 0. The zero-order chi connectivity index (χ0) is 7.89. The fraction of sp³-hybridized carbons (Fsp3) is 0.500. The number of hydrogen-bond acceptors (Lipinski definition) is 2. The molecule has 3 nitrogen and oxygen atoms in total. The average molecular weight is 189 g/mol. The SMILES string of the molecule is Cn1c(=S)[n]([AlH2])c(=S)n1C. The molecule has 0 aliphatic carbocycles. The van der Waals surface area contributed by atoms with Crippen molar-refractivity contribution >= 4 is 40.9 Å². The predicted octanol–water partition coefficient (Wildman–Crippen LogP) is 0.0203. The molecule has 0 saturated carbocycles. The summed E-state index contributed by atoms with van der Waals surface area (Å²) in [6.45, 7) is 0. The minimum Gasteiger partial charge on any atom is -0.395 e. The maximum Gasteiger partial charge on any atom is 0.377 e. The van der Waals surface area contributed by atoms with Crippen LogP contribution >= 0.6 is 24.4 Å². The van der Waals surface area contributed by atoms with Gasteiger partial charge in [-0.1, -0.05) is 0 Å². The van der Waals surface area contributed by atoms with Gasteiger partial charge in [0, 0.05) is 14.1 Å². The lowest BCUT2D eigenvalue weighted by Crippen LogP contribution is -2.02. The molecule has 0 bridgehead atoms. The summed E-state index contributed by atoms with van der Waals surface area (Å²) in [5.41, 5.74) is 0. The second-order valence-corrected chi connectivity index (χ2v) is 3.80. The van der Waals surface area contributed by atoms with Crippen LogP contribution in [0.4, 0.5) is 0 Å². The first-order valence-electron chi connectivity index (χ1n) is 2.84. The van der Waals surface area contributed by atoms with Gasteiger partial charge in [-0.05, 0) is 24.4 Å². The highest BCUT2D eigenvalue weighted by Gasteiger charge is 1.96. The third-order valence-electron chi connectivity index (χ3n) is 1.58. The van der Waals surface area contributed by atoms with Crippen molar-refractivity contribution in [1.29, 1.82) is 0 Å². The summed E-state index contributed by atoms with van der Waals surface area (Å²) in [6.07, 6.45) is 0. The third kappa shape index (κ3) is 1.01. The molecular weight excluding hydrogens is 181 g/mol. The molecule has 1 aromatic rings. The van der Waals surface area contributed by atoms with Gasteiger partial charge in [-0.2, -0.15) is 0 Å². The normalized spacial score (nSPS) is 10.2. The Labute approximate surface area is 77.5 Å². The Morgan fingerprint density at radius 1 is 1.10 bits per heavy atom. The summed E-state index contributed by atoms with van der Waals surface area (Å²) in [6, 6.07) is 0. The molecule has 0 aliphatic rings. The first-order chi connectivity index (χ1) is 4.55. The van der Waals surface area contributed by atoms with Crippen molar-refractivity contribution in [1.82, 2.24) is 12.9 Å². The Morgan fingerprint density at radius 3 is 1.50 bits per heavy atom. The minimum atomic E-state index is 0.805. The lowest BCUT2D eigenvalue weighted by molar-refractivity contribution is 0.583. The standard InChI is InChI=1S/C4H7N3S2.Al.2H/c1-6-3(8)5-4(9)7(6)2;;;/h1-2H3,(H,5,8,9);;;/q;+1;;/p-1. The number of hydrogen-bond donors (Lipinski definition) is 0. The van der Waals surface area contributed by atoms with Crippen LogP contribution in [0.3, 0.4) is 0 Å². The van der Waals surface area contributed by atoms with Gasteiger partial charge >= 0.3 is 16.5 Å². The van der Waals surface area contributed by atoms with Crippen LogP contribution in [0.25, 0.3) is 0 Å². The molecule has 0 aromatic carbocycles. The summed E-state index contributed by atoms with van der Waals surface area (Å²) < 4.78 is 7.28. The van der Waals surface area contributed by atoms with Gasteiger partial charge in [0.15, 0.2) is 9.54 Å². The molecule has 54 valence electrons. The third-order valence-corrected chi connectivity index (χ3v) is 4.15. The van der Waals surface area contributed by atoms with E-state index in [0.717, 1.165) is 26.1 Å². The van der Waals surface area contributed by atoms with E-state index in [1.54, 1.807) is 0 Å². The van der Waals surface area contributed by atoms with E-state index in [1.165, 1.54) is 0 Å². The molecule has 0 aliphatic heterocycles. The number of rotatable bonds is 0. The van der Waals surface area contributed by atoms with Gasteiger partial charge in [-0.3, -0.25) is 9.36 Å². The van der Waals surface area contributed by atoms with Crippen molar-refractivity contribution in [2.75, 3.05) is 0 Å². The van der Waals surface area contributed by atoms with Crippen molar-refractivity contribution in [3.63, 3.8) is 0 Å². The number of aromatic nitrogens is 3. The molecule has 0 fully saturated rings. The summed E-state index contributed by atoms with van der Waals surface area (Å²) in [7, 11) is 3.82. The van der Waals surface area contributed by atoms with Crippen LogP contribution in [0.2, 0.25) is 0 Å². The van der Waals surface area contributed by atoms with Crippen LogP contribution < -0.4 is 0 Å². The van der Waals surface area contributed by atoms with Crippen LogP contribution in [-0.4, -0.2) is 29.4 Å². The molecule has 0 radical (unpaired) electrons. The molecular formula is C4H8AlN3S2. The van der Waals surface area contributed by atoms with E-state index >= 15 is 0 Å². The smallest absolute Gasteiger partial charge is 0.377 e. The first-order valence-corrected chi connectivity index (χ1v) is 4.56. The molecule has 0 unspecified atom stereocenters. The van der Waals surface area contributed by atoms with Crippen molar-refractivity contribution in [3.05, 3.63) is 9.54 Å². The highest BCUT2D eigenvalue weighted by molar-refractivity contribution is 7.72. The molecule has 0 saturated heterocycles. The summed E-state index contributed by atoms with van der Waals surface area (Å²) in [5.74, 6) is 0. The molecule has 0 spiro atoms. The molecule has 10 heavy (non-hydrogen) atoms. The van der Waals surface area contributed by atoms with Crippen LogP contribution in [-0.2, 0) is 14.1 Å². The molecule has 1 aromatic heterocycles. The maximum absolute atomic E-state index is 5.08. The van der Waals surface area contributed by atoms with Gasteiger partial charge in [-0.15, -0.1) is 0 Å². The van der Waals surface area contributed by atoms with Crippen molar-refractivity contribution in [3.8, 4) is 0 Å². The topological polar surface area (TPSA) is 14.8 Å². The highest BCUT2D eigenvalue weighted by Crippen LogP contribution is 1.92. The molecule has 0 atom stereocenters. The maximum atomic E-state index is 5.08. The summed E-state index contributed by atoms with van der Waals surface area (Å²) >= 11 is 11.0. The zero-order valence-corrected chi connectivity index (χ0v) is 9.79. The van der Waals surface area contributed by atoms with Crippen LogP contribution in [0.5, 0.6) is 0 Å². The molecule has 6 heteroatoms. The Hall–Kier alpha value is 0.112. The highest BCUT2D eigenvalue weighted by atomic mass is 32.1. The van der Waals surface area contributed by atoms with Crippen LogP contribution in [0.15, 0.2) is 0 Å². The Kier molecular flexibility index (Phi) is 2.16. The lowest BCUT2D eigenvalue weighted by atomic mass is 11.2. The largest absolute Gasteiger partial charge is 0.395 e. The van der Waals surface area contributed by atoms with Gasteiger partial charge in [0.2, 0.25) is 0 Å². The van der Waals surface area contributed by atoms with E-state index in [2.05, 4.69) is 0 Å². The molecule has 1 rings (SSSR count). The molecule has 0 N–H and O–H groups in total. The van der Waals surface area contributed by atoms with Gasteiger partial charge in [0.05, 0.1) is 0 Å². The fourth-order valence-corrected chi connectivity index (χ4v) is 1.83. The van der Waals surface area contributed by atoms with Gasteiger partial charge in [-0.25, -0.2) is 0 Å². The van der Waals surface area contributed by atoms with Crippen LogP contribution in [0, 0.1) is 9.54 Å². The fourth-order valence-electron chi connectivity index (χ4n) is 0.773. The Morgan fingerprint density at radius 2 is 1.40 bits per heavy atom. The monoisotopic (exact) mass is 189 g/mol. The van der Waals surface area contributed by atoms with E-state index in [1.807, 2.05) is 27.0 Å².